The highest BCUT2D eigenvalue weighted by atomic mass is 16.5. The van der Waals surface area contributed by atoms with Crippen LogP contribution in [0.4, 0.5) is 5.69 Å². The smallest absolute Gasteiger partial charge is 0.316 e. The number of hydrogen-bond acceptors (Lipinski definition) is 3. The summed E-state index contributed by atoms with van der Waals surface area (Å²) in [6.45, 7) is 6.32. The van der Waals surface area contributed by atoms with E-state index in [0.717, 1.165) is 23.2 Å². The number of carbonyl (C=O) groups is 2. The average Bonchev–Trinajstić information content (AvgIpc) is 3.00. The van der Waals surface area contributed by atoms with E-state index >= 15 is 0 Å². The third-order valence-corrected chi connectivity index (χ3v) is 4.67. The maximum Gasteiger partial charge on any atom is 0.316 e. The Morgan fingerprint density at radius 3 is 2.56 bits per heavy atom. The Labute approximate surface area is 148 Å². The van der Waals surface area contributed by atoms with Gasteiger partial charge in [-0.1, -0.05) is 31.2 Å². The number of esters is 1. The number of hydrogen-bond donors (Lipinski definition) is 0. The molecule has 25 heavy (non-hydrogen) atoms. The van der Waals surface area contributed by atoms with Crippen molar-refractivity contribution in [2.45, 2.75) is 33.6 Å². The third-order valence-electron chi connectivity index (χ3n) is 4.67. The molecule has 1 fully saturated rings. The van der Waals surface area contributed by atoms with E-state index < -0.39 is 5.92 Å². The molecule has 0 unspecified atom stereocenters. The van der Waals surface area contributed by atoms with Crippen LogP contribution < -0.4 is 9.64 Å². The largest absolute Gasteiger partial charge is 0.426 e. The van der Waals surface area contributed by atoms with E-state index in [-0.39, 0.29) is 18.3 Å². The zero-order chi connectivity index (χ0) is 18.0. The summed E-state index contributed by atoms with van der Waals surface area (Å²) in [6.07, 6.45) is 1.15. The van der Waals surface area contributed by atoms with Gasteiger partial charge in [0.15, 0.2) is 0 Å². The highest BCUT2D eigenvalue weighted by Gasteiger charge is 2.36. The fraction of sp³-hybridized carbons (Fsp3) is 0.333. The molecule has 2 aromatic rings. The van der Waals surface area contributed by atoms with Gasteiger partial charge in [0.2, 0.25) is 5.91 Å². The molecule has 1 atom stereocenters. The lowest BCUT2D eigenvalue weighted by Gasteiger charge is -2.17. The van der Waals surface area contributed by atoms with Crippen molar-refractivity contribution in [2.24, 2.45) is 5.92 Å². The Kier molecular flexibility index (Phi) is 4.88. The summed E-state index contributed by atoms with van der Waals surface area (Å²) in [7, 11) is 0. The molecule has 1 heterocycles. The minimum Gasteiger partial charge on any atom is -0.426 e. The fourth-order valence-electron chi connectivity index (χ4n) is 3.04. The SMILES string of the molecule is CCc1ccc(N2C[C@@H](C(=O)Oc3cc(C)ccc3C)CC2=O)cc1. The van der Waals surface area contributed by atoms with Gasteiger partial charge >= 0.3 is 5.97 Å². The van der Waals surface area contributed by atoms with Crippen molar-refractivity contribution in [2.75, 3.05) is 11.4 Å². The predicted molar refractivity (Wildman–Crippen MR) is 97.8 cm³/mol. The van der Waals surface area contributed by atoms with Gasteiger partial charge in [0, 0.05) is 18.7 Å². The van der Waals surface area contributed by atoms with Gasteiger partial charge in [-0.3, -0.25) is 9.59 Å². The van der Waals surface area contributed by atoms with E-state index in [1.54, 1.807) is 4.90 Å². The Morgan fingerprint density at radius 1 is 1.16 bits per heavy atom. The van der Waals surface area contributed by atoms with Gasteiger partial charge in [0.25, 0.3) is 0 Å². The average molecular weight is 337 g/mol. The highest BCUT2D eigenvalue weighted by Crippen LogP contribution is 2.28. The van der Waals surface area contributed by atoms with Gasteiger partial charge in [-0.15, -0.1) is 0 Å². The van der Waals surface area contributed by atoms with Gasteiger partial charge in [-0.25, -0.2) is 0 Å². The van der Waals surface area contributed by atoms with E-state index in [4.69, 9.17) is 4.74 Å². The van der Waals surface area contributed by atoms with Crippen molar-refractivity contribution in [3.05, 3.63) is 59.2 Å². The van der Waals surface area contributed by atoms with Crippen molar-refractivity contribution in [1.82, 2.24) is 0 Å². The van der Waals surface area contributed by atoms with Crippen LogP contribution in [0.15, 0.2) is 42.5 Å². The van der Waals surface area contributed by atoms with Crippen LogP contribution in [0.2, 0.25) is 0 Å². The van der Waals surface area contributed by atoms with Gasteiger partial charge in [-0.05, 0) is 55.2 Å². The van der Waals surface area contributed by atoms with E-state index in [0.29, 0.717) is 12.3 Å². The standard InChI is InChI=1S/C21H23NO3/c1-4-16-7-9-18(10-8-16)22-13-17(12-20(22)23)21(24)25-19-11-14(2)5-6-15(19)3/h5-11,17H,4,12-13H2,1-3H3/t17-/m0/s1. The van der Waals surface area contributed by atoms with E-state index in [1.807, 2.05) is 56.3 Å². The predicted octanol–water partition coefficient (Wildman–Crippen LogP) is 3.82. The maximum absolute atomic E-state index is 12.5. The lowest BCUT2D eigenvalue weighted by Crippen LogP contribution is -2.27. The highest BCUT2D eigenvalue weighted by molar-refractivity contribution is 5.99. The first kappa shape index (κ1) is 17.2. The number of carbonyl (C=O) groups excluding carboxylic acids is 2. The van der Waals surface area contributed by atoms with Crippen LogP contribution in [0, 0.1) is 19.8 Å². The van der Waals surface area contributed by atoms with Gasteiger partial charge in [-0.2, -0.15) is 0 Å². The normalized spacial score (nSPS) is 17.0. The second kappa shape index (κ2) is 7.09. The maximum atomic E-state index is 12.5. The third kappa shape index (κ3) is 3.73. The molecule has 1 aliphatic rings. The fourth-order valence-corrected chi connectivity index (χ4v) is 3.04. The molecule has 0 aliphatic carbocycles. The summed E-state index contributed by atoms with van der Waals surface area (Å²) < 4.78 is 5.56. The molecule has 3 rings (SSSR count). The van der Waals surface area contributed by atoms with Crippen LogP contribution in [0.5, 0.6) is 5.75 Å². The number of amides is 1. The molecular formula is C21H23NO3. The summed E-state index contributed by atoms with van der Waals surface area (Å²) >= 11 is 0. The Morgan fingerprint density at radius 2 is 1.88 bits per heavy atom. The van der Waals surface area contributed by atoms with E-state index in [1.165, 1.54) is 5.56 Å². The summed E-state index contributed by atoms with van der Waals surface area (Å²) in [5.41, 5.74) is 4.01. The molecule has 0 aromatic heterocycles. The molecular weight excluding hydrogens is 314 g/mol. The van der Waals surface area contributed by atoms with Gasteiger partial charge in [0.05, 0.1) is 5.92 Å². The number of anilines is 1. The van der Waals surface area contributed by atoms with Crippen molar-refractivity contribution in [3.8, 4) is 5.75 Å². The lowest BCUT2D eigenvalue weighted by molar-refractivity contribution is -0.139. The molecule has 0 bridgehead atoms. The first-order valence-electron chi connectivity index (χ1n) is 8.66. The van der Waals surface area contributed by atoms with Crippen LogP contribution in [-0.2, 0) is 16.0 Å². The van der Waals surface area contributed by atoms with E-state index in [9.17, 15) is 9.59 Å². The topological polar surface area (TPSA) is 46.6 Å². The molecule has 0 N–H and O–H groups in total. The van der Waals surface area contributed by atoms with Crippen molar-refractivity contribution >= 4 is 17.6 Å². The van der Waals surface area contributed by atoms with Crippen molar-refractivity contribution < 1.29 is 14.3 Å². The molecule has 1 aliphatic heterocycles. The molecule has 4 nitrogen and oxygen atoms in total. The van der Waals surface area contributed by atoms with Crippen LogP contribution in [0.3, 0.4) is 0 Å². The number of ether oxygens (including phenoxy) is 1. The van der Waals surface area contributed by atoms with Gasteiger partial charge < -0.3 is 9.64 Å². The number of aryl methyl sites for hydroxylation is 3. The monoisotopic (exact) mass is 337 g/mol. The van der Waals surface area contributed by atoms with Gasteiger partial charge in [0.1, 0.15) is 5.75 Å². The second-order valence-corrected chi connectivity index (χ2v) is 6.62. The van der Waals surface area contributed by atoms with Crippen LogP contribution in [-0.4, -0.2) is 18.4 Å². The van der Waals surface area contributed by atoms with Crippen LogP contribution in [0.25, 0.3) is 0 Å². The second-order valence-electron chi connectivity index (χ2n) is 6.62. The number of rotatable bonds is 4. The minimum absolute atomic E-state index is 0.0350. The molecule has 1 amide bonds. The molecule has 0 spiro atoms. The van der Waals surface area contributed by atoms with E-state index in [2.05, 4.69) is 6.92 Å². The first-order chi connectivity index (χ1) is 12.0. The molecule has 1 saturated heterocycles. The molecule has 130 valence electrons. The van der Waals surface area contributed by atoms with Crippen LogP contribution in [0.1, 0.15) is 30.0 Å². The molecule has 0 saturated carbocycles. The Bertz CT molecular complexity index is 795. The minimum atomic E-state index is -0.432. The molecule has 4 heteroatoms. The Hall–Kier alpha value is -2.62. The summed E-state index contributed by atoms with van der Waals surface area (Å²) in [5, 5.41) is 0. The number of benzene rings is 2. The summed E-state index contributed by atoms with van der Waals surface area (Å²) in [5.74, 6) is -0.233. The van der Waals surface area contributed by atoms with Crippen molar-refractivity contribution in [3.63, 3.8) is 0 Å². The van der Waals surface area contributed by atoms with Crippen molar-refractivity contribution in [1.29, 1.82) is 0 Å². The van der Waals surface area contributed by atoms with Crippen LogP contribution >= 0.6 is 0 Å². The quantitative estimate of drug-likeness (QED) is 0.629. The number of nitrogens with zero attached hydrogens (tertiary/aromatic N) is 1. The molecule has 0 radical (unpaired) electrons. The first-order valence-corrected chi connectivity index (χ1v) is 8.66. The molecule has 2 aromatic carbocycles. The summed E-state index contributed by atoms with van der Waals surface area (Å²) in [4.78, 5) is 26.5. The zero-order valence-electron chi connectivity index (χ0n) is 14.9. The Balaban J connectivity index is 1.70. The zero-order valence-corrected chi connectivity index (χ0v) is 14.9. The summed E-state index contributed by atoms with van der Waals surface area (Å²) in [6, 6.07) is 13.7. The lowest BCUT2D eigenvalue weighted by atomic mass is 10.1.